The highest BCUT2D eigenvalue weighted by atomic mass is 35.5. The van der Waals surface area contributed by atoms with Crippen molar-refractivity contribution >= 4 is 29.0 Å². The van der Waals surface area contributed by atoms with Gasteiger partial charge in [-0.3, -0.25) is 9.48 Å². The molecule has 1 N–H and O–H groups in total. The van der Waals surface area contributed by atoms with E-state index in [1.807, 2.05) is 61.7 Å². The Balaban J connectivity index is 1.52. The van der Waals surface area contributed by atoms with Crippen molar-refractivity contribution in [2.24, 2.45) is 0 Å². The first-order valence-corrected chi connectivity index (χ1v) is 10.7. The highest BCUT2D eigenvalue weighted by Crippen LogP contribution is 2.31. The highest BCUT2D eigenvalue weighted by Gasteiger charge is 2.20. The first-order chi connectivity index (χ1) is 15.1. The summed E-state index contributed by atoms with van der Waals surface area (Å²) in [6.45, 7) is 5.48. The molecule has 2 aromatic carbocycles. The predicted molar refractivity (Wildman–Crippen MR) is 122 cm³/mol. The van der Waals surface area contributed by atoms with Gasteiger partial charge in [-0.2, -0.15) is 5.10 Å². The average molecular weight is 441 g/mol. The van der Waals surface area contributed by atoms with Gasteiger partial charge >= 0.3 is 0 Å². The van der Waals surface area contributed by atoms with Crippen molar-refractivity contribution in [3.8, 4) is 16.9 Å². The summed E-state index contributed by atoms with van der Waals surface area (Å²) in [5, 5.41) is 8.31. The minimum atomic E-state index is -0.150. The van der Waals surface area contributed by atoms with Gasteiger partial charge < -0.3 is 19.7 Å². The summed E-state index contributed by atoms with van der Waals surface area (Å²) in [7, 11) is 0. The number of hydrogen-bond acceptors (Lipinski definition) is 5. The van der Waals surface area contributed by atoms with Crippen LogP contribution in [0.1, 0.15) is 6.92 Å². The summed E-state index contributed by atoms with van der Waals surface area (Å²) in [6.07, 6.45) is 1.91. The molecule has 1 saturated heterocycles. The Morgan fingerprint density at radius 3 is 2.52 bits per heavy atom. The number of carbonyl (C=O) groups excluding carboxylic acids is 1. The molecule has 162 valence electrons. The van der Waals surface area contributed by atoms with Crippen LogP contribution in [0, 0.1) is 0 Å². The largest absolute Gasteiger partial charge is 0.494 e. The van der Waals surface area contributed by atoms with Gasteiger partial charge in [-0.1, -0.05) is 23.7 Å². The average Bonchev–Trinajstić information content (AvgIpc) is 3.20. The molecule has 0 spiro atoms. The summed E-state index contributed by atoms with van der Waals surface area (Å²) in [4.78, 5) is 14.8. The molecule has 1 aliphatic rings. The fraction of sp³-hybridized carbons (Fsp3) is 0.304. The number of ether oxygens (including phenoxy) is 2. The monoisotopic (exact) mass is 440 g/mol. The Morgan fingerprint density at radius 2 is 1.84 bits per heavy atom. The van der Waals surface area contributed by atoms with Gasteiger partial charge in [0.15, 0.2) is 5.82 Å². The first kappa shape index (κ1) is 21.2. The summed E-state index contributed by atoms with van der Waals surface area (Å²) >= 11 is 6.06. The molecule has 1 aliphatic heterocycles. The molecule has 0 atom stereocenters. The van der Waals surface area contributed by atoms with E-state index in [2.05, 4.69) is 10.2 Å². The van der Waals surface area contributed by atoms with Crippen LogP contribution in [0.5, 0.6) is 5.75 Å². The molecule has 0 aliphatic carbocycles. The van der Waals surface area contributed by atoms with Crippen molar-refractivity contribution in [1.29, 1.82) is 0 Å². The van der Waals surface area contributed by atoms with Crippen molar-refractivity contribution in [2.45, 2.75) is 13.5 Å². The van der Waals surface area contributed by atoms with Crippen LogP contribution in [-0.4, -0.2) is 48.6 Å². The Morgan fingerprint density at radius 1 is 1.13 bits per heavy atom. The van der Waals surface area contributed by atoms with Gasteiger partial charge in [0.25, 0.3) is 0 Å². The highest BCUT2D eigenvalue weighted by molar-refractivity contribution is 6.30. The number of benzene rings is 2. The molecule has 0 radical (unpaired) electrons. The lowest BCUT2D eigenvalue weighted by atomic mass is 10.1. The van der Waals surface area contributed by atoms with Crippen molar-refractivity contribution in [3.05, 3.63) is 59.8 Å². The van der Waals surface area contributed by atoms with E-state index in [0.29, 0.717) is 30.5 Å². The standard InChI is InChI=1S/C23H25ClN4O3/c1-2-31-20-9-7-19(8-10-20)25-22(29)16-28-15-21(17-3-5-18(24)6-4-17)23(26-28)27-11-13-30-14-12-27/h3-10,15H,2,11-14,16H2,1H3,(H,25,29). The van der Waals surface area contributed by atoms with E-state index in [4.69, 9.17) is 26.2 Å². The number of halogens is 1. The fourth-order valence-corrected chi connectivity index (χ4v) is 3.61. The minimum absolute atomic E-state index is 0.109. The predicted octanol–water partition coefficient (Wildman–Crippen LogP) is 4.08. The van der Waals surface area contributed by atoms with E-state index >= 15 is 0 Å². The number of morpholine rings is 1. The maximum atomic E-state index is 12.6. The van der Waals surface area contributed by atoms with Crippen LogP contribution in [0.15, 0.2) is 54.7 Å². The molecule has 8 heteroatoms. The van der Waals surface area contributed by atoms with Crippen molar-refractivity contribution in [2.75, 3.05) is 43.1 Å². The zero-order chi connectivity index (χ0) is 21.6. The quantitative estimate of drug-likeness (QED) is 0.599. The molecule has 0 bridgehead atoms. The number of nitrogens with zero attached hydrogens (tertiary/aromatic N) is 3. The molecule has 1 amide bonds. The van der Waals surface area contributed by atoms with Crippen LogP contribution >= 0.6 is 11.6 Å². The summed E-state index contributed by atoms with van der Waals surface area (Å²) in [5.41, 5.74) is 2.68. The van der Waals surface area contributed by atoms with Crippen LogP contribution in [0.3, 0.4) is 0 Å². The van der Waals surface area contributed by atoms with Crippen LogP contribution in [-0.2, 0) is 16.1 Å². The summed E-state index contributed by atoms with van der Waals surface area (Å²) < 4.78 is 12.6. The van der Waals surface area contributed by atoms with Gasteiger partial charge in [0.05, 0.1) is 19.8 Å². The van der Waals surface area contributed by atoms with E-state index in [1.54, 1.807) is 4.68 Å². The lowest BCUT2D eigenvalue weighted by molar-refractivity contribution is -0.116. The molecule has 4 rings (SSSR count). The normalized spacial score (nSPS) is 13.8. The van der Waals surface area contributed by atoms with Gasteiger partial charge in [0, 0.05) is 35.6 Å². The lowest BCUT2D eigenvalue weighted by Crippen LogP contribution is -2.36. The van der Waals surface area contributed by atoms with Crippen LogP contribution in [0.2, 0.25) is 5.02 Å². The van der Waals surface area contributed by atoms with Gasteiger partial charge in [0.1, 0.15) is 12.3 Å². The third-order valence-corrected chi connectivity index (χ3v) is 5.21. The van der Waals surface area contributed by atoms with Gasteiger partial charge in [-0.25, -0.2) is 0 Å². The van der Waals surface area contributed by atoms with Crippen molar-refractivity contribution < 1.29 is 14.3 Å². The molecule has 3 aromatic rings. The smallest absolute Gasteiger partial charge is 0.246 e. The van der Waals surface area contributed by atoms with E-state index in [-0.39, 0.29) is 12.5 Å². The van der Waals surface area contributed by atoms with Crippen LogP contribution in [0.25, 0.3) is 11.1 Å². The Kier molecular flexibility index (Phi) is 6.74. The molecule has 1 fully saturated rings. The fourth-order valence-electron chi connectivity index (χ4n) is 3.48. The molecular formula is C23H25ClN4O3. The number of aromatic nitrogens is 2. The summed E-state index contributed by atoms with van der Waals surface area (Å²) in [5.74, 6) is 1.47. The minimum Gasteiger partial charge on any atom is -0.494 e. The number of amides is 1. The number of anilines is 2. The number of carbonyl (C=O) groups is 1. The Hall–Kier alpha value is -3.03. The van der Waals surface area contributed by atoms with E-state index in [1.165, 1.54) is 0 Å². The third kappa shape index (κ3) is 5.37. The molecule has 2 heterocycles. The lowest BCUT2D eigenvalue weighted by Gasteiger charge is -2.27. The Bertz CT molecular complexity index is 1010. The zero-order valence-electron chi connectivity index (χ0n) is 17.4. The topological polar surface area (TPSA) is 68.6 Å². The van der Waals surface area contributed by atoms with Crippen LogP contribution < -0.4 is 15.0 Å². The number of nitrogens with one attached hydrogen (secondary N) is 1. The second-order valence-electron chi connectivity index (χ2n) is 7.18. The van der Waals surface area contributed by atoms with Crippen molar-refractivity contribution in [3.63, 3.8) is 0 Å². The number of hydrogen-bond donors (Lipinski definition) is 1. The van der Waals surface area contributed by atoms with E-state index < -0.39 is 0 Å². The first-order valence-electron chi connectivity index (χ1n) is 10.3. The molecule has 1 aromatic heterocycles. The number of rotatable bonds is 7. The van der Waals surface area contributed by atoms with Gasteiger partial charge in [-0.15, -0.1) is 0 Å². The van der Waals surface area contributed by atoms with E-state index in [0.717, 1.165) is 35.8 Å². The maximum absolute atomic E-state index is 12.6. The molecular weight excluding hydrogens is 416 g/mol. The third-order valence-electron chi connectivity index (χ3n) is 4.96. The molecule has 0 unspecified atom stereocenters. The second kappa shape index (κ2) is 9.85. The molecule has 0 saturated carbocycles. The van der Waals surface area contributed by atoms with Gasteiger partial charge in [-0.05, 0) is 48.9 Å². The SMILES string of the molecule is CCOc1ccc(NC(=O)Cn2cc(-c3ccc(Cl)cc3)c(N3CCOCC3)n2)cc1. The van der Waals surface area contributed by atoms with E-state index in [9.17, 15) is 4.79 Å². The summed E-state index contributed by atoms with van der Waals surface area (Å²) in [6, 6.07) is 15.0. The second-order valence-corrected chi connectivity index (χ2v) is 7.61. The maximum Gasteiger partial charge on any atom is 0.246 e. The zero-order valence-corrected chi connectivity index (χ0v) is 18.1. The van der Waals surface area contributed by atoms with Crippen molar-refractivity contribution in [1.82, 2.24) is 9.78 Å². The molecule has 31 heavy (non-hydrogen) atoms. The van der Waals surface area contributed by atoms with Gasteiger partial charge in [0.2, 0.25) is 5.91 Å². The Labute approximate surface area is 186 Å². The van der Waals surface area contributed by atoms with Crippen LogP contribution in [0.4, 0.5) is 11.5 Å². The molecule has 7 nitrogen and oxygen atoms in total.